The van der Waals surface area contributed by atoms with Crippen molar-refractivity contribution >= 4 is 16.7 Å². The summed E-state index contributed by atoms with van der Waals surface area (Å²) in [5.74, 6) is 1.61. The van der Waals surface area contributed by atoms with E-state index in [0.29, 0.717) is 5.92 Å². The minimum absolute atomic E-state index is 0.226. The van der Waals surface area contributed by atoms with Crippen LogP contribution >= 0.6 is 0 Å². The van der Waals surface area contributed by atoms with Crippen molar-refractivity contribution in [2.75, 3.05) is 38.2 Å². The summed E-state index contributed by atoms with van der Waals surface area (Å²) >= 11 is 0. The maximum Gasteiger partial charge on any atom is 0.234 e. The van der Waals surface area contributed by atoms with Crippen LogP contribution in [-0.2, 0) is 13.1 Å². The highest BCUT2D eigenvalue weighted by Gasteiger charge is 2.20. The van der Waals surface area contributed by atoms with Gasteiger partial charge in [-0.15, -0.1) is 0 Å². The van der Waals surface area contributed by atoms with E-state index in [9.17, 15) is 5.26 Å². The Morgan fingerprint density at radius 1 is 1.17 bits per heavy atom. The van der Waals surface area contributed by atoms with E-state index in [4.69, 9.17) is 4.74 Å². The van der Waals surface area contributed by atoms with Crippen LogP contribution in [0.25, 0.3) is 11.0 Å². The molecule has 7 nitrogen and oxygen atoms in total. The second-order valence-corrected chi connectivity index (χ2v) is 8.19. The van der Waals surface area contributed by atoms with Crippen LogP contribution in [0.4, 0.5) is 5.69 Å². The molecule has 0 radical (unpaired) electrons. The summed E-state index contributed by atoms with van der Waals surface area (Å²) in [6.07, 6.45) is 1.77. The molecular weight excluding hydrogens is 376 g/mol. The number of methoxy groups -OCH3 is 1. The first-order valence-corrected chi connectivity index (χ1v) is 10.4. The van der Waals surface area contributed by atoms with Crippen LogP contribution in [0.2, 0.25) is 0 Å². The average molecular weight is 405 g/mol. The molecule has 0 N–H and O–H groups in total. The van der Waals surface area contributed by atoms with Crippen molar-refractivity contribution in [3.8, 4) is 11.8 Å². The Labute approximate surface area is 177 Å². The van der Waals surface area contributed by atoms with Gasteiger partial charge in [0.2, 0.25) is 5.82 Å². The fourth-order valence-corrected chi connectivity index (χ4v) is 4.05. The predicted octanol–water partition coefficient (Wildman–Crippen LogP) is 3.29. The van der Waals surface area contributed by atoms with E-state index in [1.54, 1.807) is 13.3 Å². The molecule has 0 amide bonds. The fourth-order valence-electron chi connectivity index (χ4n) is 4.05. The van der Waals surface area contributed by atoms with Crippen LogP contribution in [0.5, 0.6) is 5.75 Å². The van der Waals surface area contributed by atoms with Gasteiger partial charge in [0.25, 0.3) is 0 Å². The van der Waals surface area contributed by atoms with Gasteiger partial charge in [0.1, 0.15) is 17.5 Å². The number of anilines is 1. The maximum absolute atomic E-state index is 9.18. The molecule has 0 bridgehead atoms. The van der Waals surface area contributed by atoms with E-state index in [-0.39, 0.29) is 5.82 Å². The van der Waals surface area contributed by atoms with Crippen molar-refractivity contribution in [3.63, 3.8) is 0 Å². The molecule has 0 saturated carbocycles. The molecule has 0 atom stereocenters. The van der Waals surface area contributed by atoms with Crippen LogP contribution in [-0.4, -0.2) is 52.7 Å². The van der Waals surface area contributed by atoms with Crippen molar-refractivity contribution in [1.82, 2.24) is 19.4 Å². The Morgan fingerprint density at radius 3 is 2.67 bits per heavy atom. The maximum atomic E-state index is 9.18. The summed E-state index contributed by atoms with van der Waals surface area (Å²) in [6.45, 7) is 10.1. The van der Waals surface area contributed by atoms with Crippen LogP contribution in [0.1, 0.15) is 25.4 Å². The zero-order chi connectivity index (χ0) is 21.1. The lowest BCUT2D eigenvalue weighted by Gasteiger charge is -2.36. The number of fused-ring (bicyclic) bond motifs is 1. The molecule has 2 aromatic heterocycles. The molecule has 0 unspecified atom stereocenters. The topological polar surface area (TPSA) is 70.2 Å². The van der Waals surface area contributed by atoms with Gasteiger partial charge in [0.15, 0.2) is 0 Å². The van der Waals surface area contributed by atoms with E-state index in [2.05, 4.69) is 62.5 Å². The molecule has 7 heteroatoms. The molecule has 156 valence electrons. The molecular formula is C23H28N6O. The Balaban J connectivity index is 1.50. The summed E-state index contributed by atoms with van der Waals surface area (Å²) in [6, 6.07) is 12.5. The monoisotopic (exact) mass is 404 g/mol. The van der Waals surface area contributed by atoms with Crippen molar-refractivity contribution in [2.45, 2.75) is 26.9 Å². The second-order valence-electron chi connectivity index (χ2n) is 8.19. The molecule has 1 aromatic carbocycles. The molecule has 0 spiro atoms. The number of nitrogens with zero attached hydrogens (tertiary/aromatic N) is 6. The van der Waals surface area contributed by atoms with E-state index < -0.39 is 0 Å². The lowest BCUT2D eigenvalue weighted by Crippen LogP contribution is -2.46. The van der Waals surface area contributed by atoms with E-state index in [0.717, 1.165) is 56.1 Å². The van der Waals surface area contributed by atoms with Gasteiger partial charge in [-0.05, 0) is 24.1 Å². The van der Waals surface area contributed by atoms with Crippen LogP contribution in [0.15, 0.2) is 36.5 Å². The molecule has 3 aromatic rings. The molecule has 4 rings (SSSR count). The van der Waals surface area contributed by atoms with Crippen molar-refractivity contribution in [3.05, 3.63) is 48.0 Å². The van der Waals surface area contributed by atoms with E-state index in [1.807, 2.05) is 12.1 Å². The second kappa shape index (κ2) is 8.72. The van der Waals surface area contributed by atoms with Gasteiger partial charge in [-0.25, -0.2) is 9.97 Å². The third-order valence-electron chi connectivity index (χ3n) is 5.54. The van der Waals surface area contributed by atoms with Crippen molar-refractivity contribution < 1.29 is 4.74 Å². The van der Waals surface area contributed by atoms with E-state index >= 15 is 0 Å². The van der Waals surface area contributed by atoms with Crippen molar-refractivity contribution in [2.24, 2.45) is 5.92 Å². The minimum Gasteiger partial charge on any atom is -0.497 e. The van der Waals surface area contributed by atoms with Crippen molar-refractivity contribution in [1.29, 1.82) is 5.26 Å². The molecule has 3 heterocycles. The highest BCUT2D eigenvalue weighted by Crippen LogP contribution is 2.24. The largest absolute Gasteiger partial charge is 0.497 e. The van der Waals surface area contributed by atoms with Crippen LogP contribution in [0, 0.1) is 17.2 Å². The highest BCUT2D eigenvalue weighted by molar-refractivity contribution is 5.77. The SMILES string of the molecule is COc1cccc(N2CCN(Cc3cc4cnc(C#N)nc4n3CC(C)C)CC2)c1. The predicted molar refractivity (Wildman–Crippen MR) is 118 cm³/mol. The van der Waals surface area contributed by atoms with Crippen LogP contribution < -0.4 is 9.64 Å². The molecule has 1 saturated heterocycles. The van der Waals surface area contributed by atoms with E-state index in [1.165, 1.54) is 11.4 Å². The Kier molecular flexibility index (Phi) is 5.86. The third kappa shape index (κ3) is 4.24. The van der Waals surface area contributed by atoms with Gasteiger partial charge in [-0.2, -0.15) is 5.26 Å². The summed E-state index contributed by atoms with van der Waals surface area (Å²) in [4.78, 5) is 13.5. The normalized spacial score (nSPS) is 15.0. The zero-order valence-corrected chi connectivity index (χ0v) is 17.9. The summed E-state index contributed by atoms with van der Waals surface area (Å²) in [5.41, 5.74) is 3.31. The Bertz CT molecular complexity index is 1060. The van der Waals surface area contributed by atoms with Gasteiger partial charge >= 0.3 is 0 Å². The molecule has 1 fully saturated rings. The molecule has 1 aliphatic rings. The lowest BCUT2D eigenvalue weighted by molar-refractivity contribution is 0.243. The first-order valence-electron chi connectivity index (χ1n) is 10.4. The van der Waals surface area contributed by atoms with Gasteiger partial charge in [-0.3, -0.25) is 4.90 Å². The number of rotatable bonds is 6. The van der Waals surface area contributed by atoms with Gasteiger partial charge in [0, 0.05) is 68.3 Å². The number of nitriles is 1. The number of hydrogen-bond acceptors (Lipinski definition) is 6. The minimum atomic E-state index is 0.226. The number of aromatic nitrogens is 3. The first-order chi connectivity index (χ1) is 14.6. The van der Waals surface area contributed by atoms with Gasteiger partial charge < -0.3 is 14.2 Å². The fraction of sp³-hybridized carbons (Fsp3) is 0.435. The summed E-state index contributed by atoms with van der Waals surface area (Å²) in [7, 11) is 1.71. The third-order valence-corrected chi connectivity index (χ3v) is 5.54. The Hall–Kier alpha value is -3.11. The smallest absolute Gasteiger partial charge is 0.234 e. The highest BCUT2D eigenvalue weighted by atomic mass is 16.5. The summed E-state index contributed by atoms with van der Waals surface area (Å²) in [5, 5.41) is 10.2. The summed E-state index contributed by atoms with van der Waals surface area (Å²) < 4.78 is 7.63. The van der Waals surface area contributed by atoms with Gasteiger partial charge in [0.05, 0.1) is 7.11 Å². The molecule has 1 aliphatic heterocycles. The zero-order valence-electron chi connectivity index (χ0n) is 17.9. The number of ether oxygens (including phenoxy) is 1. The average Bonchev–Trinajstić information content (AvgIpc) is 3.09. The molecule has 30 heavy (non-hydrogen) atoms. The number of benzene rings is 1. The van der Waals surface area contributed by atoms with Gasteiger partial charge in [-0.1, -0.05) is 19.9 Å². The standard InChI is InChI=1S/C23H28N6O/c1-17(2)15-29-20(11-18-14-25-22(13-24)26-23(18)29)16-27-7-9-28(10-8-27)19-5-4-6-21(12-19)30-3/h4-6,11-12,14,17H,7-10,15-16H2,1-3H3. The quantitative estimate of drug-likeness (QED) is 0.628. The number of piperazine rings is 1. The first kappa shape index (κ1) is 20.2. The number of hydrogen-bond donors (Lipinski definition) is 0. The lowest BCUT2D eigenvalue weighted by atomic mass is 10.2. The Morgan fingerprint density at radius 2 is 1.97 bits per heavy atom. The van der Waals surface area contributed by atoms with Crippen LogP contribution in [0.3, 0.4) is 0 Å². The molecule has 0 aliphatic carbocycles.